The van der Waals surface area contributed by atoms with Crippen LogP contribution in [0.3, 0.4) is 0 Å². The van der Waals surface area contributed by atoms with E-state index >= 15 is 0 Å². The van der Waals surface area contributed by atoms with Crippen LogP contribution in [0.1, 0.15) is 45.3 Å². The van der Waals surface area contributed by atoms with Gasteiger partial charge in [-0.25, -0.2) is 0 Å². The fraction of sp³-hybridized carbons (Fsp3) is 0.727. The van der Waals surface area contributed by atoms with Crippen LogP contribution in [0.5, 0.6) is 0 Å². The normalized spacial score (nSPS) is 13.1. The molecule has 1 atom stereocenters. The molecule has 0 fully saturated rings. The second-order valence-corrected chi connectivity index (χ2v) is 3.66. The van der Waals surface area contributed by atoms with Crippen molar-refractivity contribution in [2.75, 3.05) is 6.54 Å². The lowest BCUT2D eigenvalue weighted by Gasteiger charge is -2.14. The molecule has 0 saturated heterocycles. The molecule has 3 heteroatoms. The van der Waals surface area contributed by atoms with Crippen LogP contribution in [0, 0.1) is 0 Å². The molecule has 1 unspecified atom stereocenters. The van der Waals surface area contributed by atoms with Gasteiger partial charge in [-0.1, -0.05) is 13.8 Å². The van der Waals surface area contributed by atoms with Gasteiger partial charge in [0, 0.05) is 18.8 Å². The van der Waals surface area contributed by atoms with E-state index in [-0.39, 0.29) is 0 Å². The molecule has 1 rings (SSSR count). The van der Waals surface area contributed by atoms with Crippen LogP contribution in [0.4, 0.5) is 0 Å². The highest BCUT2D eigenvalue weighted by Crippen LogP contribution is 2.11. The van der Waals surface area contributed by atoms with Gasteiger partial charge in [0.2, 0.25) is 0 Å². The zero-order valence-corrected chi connectivity index (χ0v) is 9.45. The van der Waals surface area contributed by atoms with Gasteiger partial charge in [0.15, 0.2) is 0 Å². The maximum absolute atomic E-state index is 4.31. The number of rotatable bonds is 6. The highest BCUT2D eigenvalue weighted by Gasteiger charge is 2.08. The van der Waals surface area contributed by atoms with Crippen molar-refractivity contribution in [3.63, 3.8) is 0 Å². The Morgan fingerprint density at radius 3 is 2.86 bits per heavy atom. The van der Waals surface area contributed by atoms with E-state index in [1.165, 1.54) is 12.1 Å². The van der Waals surface area contributed by atoms with Crippen LogP contribution in [0.15, 0.2) is 12.3 Å². The van der Waals surface area contributed by atoms with Gasteiger partial charge in [0.25, 0.3) is 0 Å². The van der Waals surface area contributed by atoms with Gasteiger partial charge in [0.05, 0.1) is 5.69 Å². The van der Waals surface area contributed by atoms with Crippen molar-refractivity contribution in [3.05, 3.63) is 18.0 Å². The predicted octanol–water partition coefficient (Wildman–Crippen LogP) is 2.35. The summed E-state index contributed by atoms with van der Waals surface area (Å²) in [5, 5.41) is 7.78. The molecule has 1 aromatic heterocycles. The Morgan fingerprint density at radius 1 is 1.43 bits per heavy atom. The van der Waals surface area contributed by atoms with E-state index < -0.39 is 0 Å². The summed E-state index contributed by atoms with van der Waals surface area (Å²) in [6.07, 6.45) is 4.19. The van der Waals surface area contributed by atoms with Crippen molar-refractivity contribution in [2.24, 2.45) is 0 Å². The molecule has 0 aliphatic heterocycles. The van der Waals surface area contributed by atoms with Gasteiger partial charge in [-0.2, -0.15) is 5.10 Å². The molecule has 0 aliphatic rings. The molecule has 80 valence electrons. The summed E-state index contributed by atoms with van der Waals surface area (Å²) in [7, 11) is 0. The molecule has 0 amide bonds. The lowest BCUT2D eigenvalue weighted by molar-refractivity contribution is 0.494. The van der Waals surface area contributed by atoms with Gasteiger partial charge in [0.1, 0.15) is 0 Å². The van der Waals surface area contributed by atoms with E-state index in [0.29, 0.717) is 6.04 Å². The summed E-state index contributed by atoms with van der Waals surface area (Å²) in [5.41, 5.74) is 1.29. The fourth-order valence-electron chi connectivity index (χ4n) is 1.57. The summed E-state index contributed by atoms with van der Waals surface area (Å²) in [6, 6.07) is 2.51. The second kappa shape index (κ2) is 5.81. The summed E-state index contributed by atoms with van der Waals surface area (Å²) in [6.45, 7) is 8.64. The minimum Gasteiger partial charge on any atom is -0.309 e. The molecular formula is C11H21N3. The average molecular weight is 195 g/mol. The van der Waals surface area contributed by atoms with Crippen molar-refractivity contribution in [1.82, 2.24) is 15.1 Å². The van der Waals surface area contributed by atoms with E-state index in [0.717, 1.165) is 19.5 Å². The number of aryl methyl sites for hydroxylation is 1. The molecule has 1 heterocycles. The number of hydrogen-bond acceptors (Lipinski definition) is 2. The Labute approximate surface area is 86.5 Å². The van der Waals surface area contributed by atoms with Crippen LogP contribution in [-0.2, 0) is 6.54 Å². The topological polar surface area (TPSA) is 29.9 Å². The van der Waals surface area contributed by atoms with Crippen LogP contribution in [-0.4, -0.2) is 16.3 Å². The van der Waals surface area contributed by atoms with Crippen molar-refractivity contribution in [3.8, 4) is 0 Å². The van der Waals surface area contributed by atoms with Crippen molar-refractivity contribution in [1.29, 1.82) is 0 Å². The van der Waals surface area contributed by atoms with Crippen LogP contribution < -0.4 is 5.32 Å². The third-order valence-electron chi connectivity index (χ3n) is 2.33. The fourth-order valence-corrected chi connectivity index (χ4v) is 1.57. The minimum absolute atomic E-state index is 0.406. The highest BCUT2D eigenvalue weighted by atomic mass is 15.3. The third kappa shape index (κ3) is 2.84. The Balaban J connectivity index is 2.58. The molecule has 0 radical (unpaired) electrons. The van der Waals surface area contributed by atoms with Gasteiger partial charge in [-0.3, -0.25) is 4.68 Å². The lowest BCUT2D eigenvalue weighted by Crippen LogP contribution is -2.22. The van der Waals surface area contributed by atoms with Crippen LogP contribution in [0.2, 0.25) is 0 Å². The first-order valence-corrected chi connectivity index (χ1v) is 5.54. The minimum atomic E-state index is 0.406. The Kier molecular flexibility index (Phi) is 4.66. The standard InChI is InChI=1S/C11H21N3/c1-4-7-12-10(3)11-6-8-13-14(11)9-5-2/h6,8,10,12H,4-5,7,9H2,1-3H3. The Morgan fingerprint density at radius 2 is 2.21 bits per heavy atom. The van der Waals surface area contributed by atoms with Gasteiger partial charge >= 0.3 is 0 Å². The molecule has 1 aromatic rings. The first kappa shape index (κ1) is 11.2. The Bertz CT molecular complexity index is 255. The molecule has 0 bridgehead atoms. The summed E-state index contributed by atoms with van der Waals surface area (Å²) >= 11 is 0. The summed E-state index contributed by atoms with van der Waals surface area (Å²) < 4.78 is 2.09. The molecule has 0 spiro atoms. The first-order chi connectivity index (χ1) is 6.79. The largest absolute Gasteiger partial charge is 0.309 e. The van der Waals surface area contributed by atoms with Gasteiger partial charge < -0.3 is 5.32 Å². The highest BCUT2D eigenvalue weighted by molar-refractivity contribution is 5.05. The quantitative estimate of drug-likeness (QED) is 0.755. The molecule has 0 aliphatic carbocycles. The van der Waals surface area contributed by atoms with Crippen molar-refractivity contribution in [2.45, 2.75) is 46.2 Å². The van der Waals surface area contributed by atoms with Gasteiger partial charge in [-0.15, -0.1) is 0 Å². The lowest BCUT2D eigenvalue weighted by atomic mass is 10.2. The van der Waals surface area contributed by atoms with E-state index in [1.807, 2.05) is 6.20 Å². The summed E-state index contributed by atoms with van der Waals surface area (Å²) in [4.78, 5) is 0. The molecule has 3 nitrogen and oxygen atoms in total. The zero-order chi connectivity index (χ0) is 10.4. The predicted molar refractivity (Wildman–Crippen MR) is 59.2 cm³/mol. The summed E-state index contributed by atoms with van der Waals surface area (Å²) in [5.74, 6) is 0. The maximum Gasteiger partial charge on any atom is 0.0550 e. The number of nitrogens with zero attached hydrogens (tertiary/aromatic N) is 2. The first-order valence-electron chi connectivity index (χ1n) is 5.54. The SMILES string of the molecule is CCCNC(C)c1ccnn1CCC. The second-order valence-electron chi connectivity index (χ2n) is 3.66. The molecule has 1 N–H and O–H groups in total. The third-order valence-corrected chi connectivity index (χ3v) is 2.33. The zero-order valence-electron chi connectivity index (χ0n) is 9.45. The maximum atomic E-state index is 4.31. The number of nitrogens with one attached hydrogen (secondary N) is 1. The van der Waals surface area contributed by atoms with E-state index in [1.54, 1.807) is 0 Å². The van der Waals surface area contributed by atoms with Gasteiger partial charge in [-0.05, 0) is 32.4 Å². The molecule has 14 heavy (non-hydrogen) atoms. The van der Waals surface area contributed by atoms with E-state index in [9.17, 15) is 0 Å². The van der Waals surface area contributed by atoms with Crippen LogP contribution >= 0.6 is 0 Å². The number of hydrogen-bond donors (Lipinski definition) is 1. The molecule has 0 aromatic carbocycles. The van der Waals surface area contributed by atoms with Crippen LogP contribution in [0.25, 0.3) is 0 Å². The van der Waals surface area contributed by atoms with Crippen molar-refractivity contribution < 1.29 is 0 Å². The average Bonchev–Trinajstić information content (AvgIpc) is 2.63. The van der Waals surface area contributed by atoms with E-state index in [4.69, 9.17) is 0 Å². The Hall–Kier alpha value is -0.830. The monoisotopic (exact) mass is 195 g/mol. The number of aromatic nitrogens is 2. The molecule has 0 saturated carbocycles. The molecular weight excluding hydrogens is 174 g/mol. The van der Waals surface area contributed by atoms with Crippen molar-refractivity contribution >= 4 is 0 Å². The smallest absolute Gasteiger partial charge is 0.0550 e. The van der Waals surface area contributed by atoms with E-state index in [2.05, 4.69) is 41.9 Å².